The fourth-order valence-electron chi connectivity index (χ4n) is 2.25. The lowest BCUT2D eigenvalue weighted by Gasteiger charge is -2.27. The van der Waals surface area contributed by atoms with Crippen molar-refractivity contribution < 1.29 is 0 Å². The van der Waals surface area contributed by atoms with E-state index in [1.165, 1.54) is 5.84 Å². The molecule has 0 spiro atoms. The molecule has 0 saturated heterocycles. The van der Waals surface area contributed by atoms with E-state index in [0.29, 0.717) is 5.92 Å². The van der Waals surface area contributed by atoms with Crippen molar-refractivity contribution in [1.29, 1.82) is 0 Å². The average molecular weight is 190 g/mol. The van der Waals surface area contributed by atoms with Gasteiger partial charge >= 0.3 is 0 Å². The van der Waals surface area contributed by atoms with E-state index < -0.39 is 0 Å². The number of fused-ring (bicyclic) bond motifs is 1. The third kappa shape index (κ3) is 1.14. The first-order chi connectivity index (χ1) is 6.95. The van der Waals surface area contributed by atoms with Crippen LogP contribution in [-0.2, 0) is 0 Å². The quantitative estimate of drug-likeness (QED) is 0.643. The summed E-state index contributed by atoms with van der Waals surface area (Å²) < 4.78 is 0. The maximum Gasteiger partial charge on any atom is 0.114 e. The molecule has 0 aliphatic carbocycles. The van der Waals surface area contributed by atoms with Gasteiger partial charge in [0.2, 0.25) is 0 Å². The molecule has 0 amide bonds. The van der Waals surface area contributed by atoms with Crippen LogP contribution in [0.4, 0.5) is 0 Å². The fourth-order valence-corrected chi connectivity index (χ4v) is 2.25. The Labute approximate surface area is 83.4 Å². The Morgan fingerprint density at radius 1 is 1.36 bits per heavy atom. The second-order valence-electron chi connectivity index (χ2n) is 3.80. The summed E-state index contributed by atoms with van der Waals surface area (Å²) in [6.07, 6.45) is 5.41. The number of rotatable bonds is 1. The summed E-state index contributed by atoms with van der Waals surface area (Å²) in [6, 6.07) is 0. The Balaban J connectivity index is 1.89. The van der Waals surface area contributed by atoms with Crippen LogP contribution in [0.5, 0.6) is 0 Å². The second kappa shape index (κ2) is 3.12. The molecule has 4 nitrogen and oxygen atoms in total. The van der Waals surface area contributed by atoms with E-state index in [2.05, 4.69) is 32.5 Å². The zero-order chi connectivity index (χ0) is 9.38. The second-order valence-corrected chi connectivity index (χ2v) is 3.80. The van der Waals surface area contributed by atoms with Crippen LogP contribution in [0.1, 0.15) is 6.42 Å². The van der Waals surface area contributed by atoms with E-state index in [-0.39, 0.29) is 0 Å². The van der Waals surface area contributed by atoms with Crippen molar-refractivity contribution in [2.75, 3.05) is 26.2 Å². The fraction of sp³-hybridized carbons (Fsp3) is 0.600. The van der Waals surface area contributed by atoms with Crippen molar-refractivity contribution in [2.24, 2.45) is 15.9 Å². The lowest BCUT2D eigenvalue weighted by molar-refractivity contribution is 0.563. The third-order valence-electron chi connectivity index (χ3n) is 2.91. The molecule has 1 atom stereocenters. The highest BCUT2D eigenvalue weighted by molar-refractivity contribution is 6.07. The van der Waals surface area contributed by atoms with E-state index >= 15 is 0 Å². The van der Waals surface area contributed by atoms with Crippen molar-refractivity contribution in [3.05, 3.63) is 12.3 Å². The van der Waals surface area contributed by atoms with Gasteiger partial charge in [0.25, 0.3) is 0 Å². The van der Waals surface area contributed by atoms with Crippen LogP contribution in [-0.4, -0.2) is 42.8 Å². The van der Waals surface area contributed by atoms with Gasteiger partial charge in [0.05, 0.1) is 19.0 Å². The molecule has 0 aromatic carbocycles. The van der Waals surface area contributed by atoms with Gasteiger partial charge in [-0.25, -0.2) is 0 Å². The molecule has 0 aromatic rings. The molecule has 14 heavy (non-hydrogen) atoms. The van der Waals surface area contributed by atoms with Gasteiger partial charge in [-0.05, 0) is 6.42 Å². The topological polar surface area (TPSA) is 40.0 Å². The standard InChI is InChI=1S/C10H14N4/c1-2-8(9-11-3-4-12-9)10-13-5-7-14(10)6-1/h1,6,8H,2-5,7H2,(H,11,12). The Hall–Kier alpha value is -1.32. The molecule has 0 bridgehead atoms. The van der Waals surface area contributed by atoms with Gasteiger partial charge < -0.3 is 10.2 Å². The first kappa shape index (κ1) is 8.03. The van der Waals surface area contributed by atoms with Crippen LogP contribution in [0.3, 0.4) is 0 Å². The van der Waals surface area contributed by atoms with Gasteiger partial charge in [-0.2, -0.15) is 0 Å². The highest BCUT2D eigenvalue weighted by Gasteiger charge is 2.31. The van der Waals surface area contributed by atoms with Crippen LogP contribution in [0.2, 0.25) is 0 Å². The Kier molecular flexibility index (Phi) is 1.79. The largest absolute Gasteiger partial charge is 0.371 e. The summed E-state index contributed by atoms with van der Waals surface area (Å²) >= 11 is 0. The normalized spacial score (nSPS) is 29.7. The van der Waals surface area contributed by atoms with Crippen LogP contribution < -0.4 is 5.32 Å². The molecule has 3 rings (SSSR count). The van der Waals surface area contributed by atoms with Gasteiger partial charge in [0.15, 0.2) is 0 Å². The maximum atomic E-state index is 4.55. The monoisotopic (exact) mass is 190 g/mol. The summed E-state index contributed by atoms with van der Waals surface area (Å²) in [5.74, 6) is 2.74. The van der Waals surface area contributed by atoms with Gasteiger partial charge in [-0.1, -0.05) is 6.08 Å². The molecular weight excluding hydrogens is 176 g/mol. The van der Waals surface area contributed by atoms with Crippen molar-refractivity contribution in [3.8, 4) is 0 Å². The van der Waals surface area contributed by atoms with E-state index in [9.17, 15) is 0 Å². The molecule has 3 aliphatic rings. The Morgan fingerprint density at radius 2 is 2.36 bits per heavy atom. The highest BCUT2D eigenvalue weighted by Crippen LogP contribution is 2.21. The van der Waals surface area contributed by atoms with E-state index in [0.717, 1.165) is 38.4 Å². The van der Waals surface area contributed by atoms with Crippen molar-refractivity contribution in [2.45, 2.75) is 6.42 Å². The molecular formula is C10H14N4. The molecule has 4 heteroatoms. The summed E-state index contributed by atoms with van der Waals surface area (Å²) in [7, 11) is 0. The van der Waals surface area contributed by atoms with Crippen LogP contribution in [0.25, 0.3) is 0 Å². The summed E-state index contributed by atoms with van der Waals surface area (Å²) in [4.78, 5) is 11.3. The summed E-state index contributed by atoms with van der Waals surface area (Å²) in [5, 5.41) is 3.35. The molecule has 0 radical (unpaired) electrons. The predicted molar refractivity (Wildman–Crippen MR) is 56.6 cm³/mol. The number of aliphatic imine (C=N–C) groups is 2. The summed E-state index contributed by atoms with van der Waals surface area (Å²) in [6.45, 7) is 3.88. The van der Waals surface area contributed by atoms with Gasteiger partial charge in [-0.3, -0.25) is 9.98 Å². The Bertz CT molecular complexity index is 329. The average Bonchev–Trinajstić information content (AvgIpc) is 2.88. The molecule has 74 valence electrons. The zero-order valence-corrected chi connectivity index (χ0v) is 8.11. The molecule has 0 fully saturated rings. The first-order valence-electron chi connectivity index (χ1n) is 5.21. The first-order valence-corrected chi connectivity index (χ1v) is 5.21. The minimum atomic E-state index is 0.394. The molecule has 0 saturated carbocycles. The van der Waals surface area contributed by atoms with E-state index in [4.69, 9.17) is 0 Å². The highest BCUT2D eigenvalue weighted by atomic mass is 15.2. The Morgan fingerprint density at radius 3 is 3.21 bits per heavy atom. The van der Waals surface area contributed by atoms with Crippen LogP contribution in [0, 0.1) is 5.92 Å². The van der Waals surface area contributed by atoms with E-state index in [1.807, 2.05) is 0 Å². The smallest absolute Gasteiger partial charge is 0.114 e. The number of hydrogen-bond donors (Lipinski definition) is 1. The minimum absolute atomic E-state index is 0.394. The molecule has 3 aliphatic heterocycles. The maximum absolute atomic E-state index is 4.55. The molecule has 1 N–H and O–H groups in total. The van der Waals surface area contributed by atoms with Crippen molar-refractivity contribution >= 4 is 11.7 Å². The molecule has 0 aromatic heterocycles. The van der Waals surface area contributed by atoms with Crippen LogP contribution >= 0.6 is 0 Å². The van der Waals surface area contributed by atoms with Crippen LogP contribution in [0.15, 0.2) is 22.3 Å². The lowest BCUT2D eigenvalue weighted by Crippen LogP contribution is -2.40. The minimum Gasteiger partial charge on any atom is -0.371 e. The SMILES string of the molecule is C1=CN2CCN=C2C(C2=NCCN2)C1. The van der Waals surface area contributed by atoms with Gasteiger partial charge in [0, 0.05) is 19.3 Å². The number of nitrogens with zero attached hydrogens (tertiary/aromatic N) is 3. The number of hydrogen-bond acceptors (Lipinski definition) is 4. The number of nitrogens with one attached hydrogen (secondary N) is 1. The lowest BCUT2D eigenvalue weighted by atomic mass is 9.99. The summed E-state index contributed by atoms with van der Waals surface area (Å²) in [5.41, 5.74) is 0. The number of allylic oxidation sites excluding steroid dienone is 1. The molecule has 3 heterocycles. The van der Waals surface area contributed by atoms with Gasteiger partial charge in [0.1, 0.15) is 11.7 Å². The molecule has 1 unspecified atom stereocenters. The van der Waals surface area contributed by atoms with Gasteiger partial charge in [-0.15, -0.1) is 0 Å². The zero-order valence-electron chi connectivity index (χ0n) is 8.11. The van der Waals surface area contributed by atoms with Crippen molar-refractivity contribution in [3.63, 3.8) is 0 Å². The van der Waals surface area contributed by atoms with Crippen molar-refractivity contribution in [1.82, 2.24) is 10.2 Å². The number of amidine groups is 2. The third-order valence-corrected chi connectivity index (χ3v) is 2.91. The van der Waals surface area contributed by atoms with E-state index in [1.54, 1.807) is 0 Å². The predicted octanol–water partition coefficient (Wildman–Crippen LogP) is 0.236.